The van der Waals surface area contributed by atoms with Crippen molar-refractivity contribution in [3.05, 3.63) is 89.6 Å². The summed E-state index contributed by atoms with van der Waals surface area (Å²) in [6, 6.07) is 14.1. The molecule has 1 aromatic carbocycles. The van der Waals surface area contributed by atoms with E-state index in [4.69, 9.17) is 4.98 Å². The molecule has 0 saturated carbocycles. The summed E-state index contributed by atoms with van der Waals surface area (Å²) >= 11 is 0. The number of amides is 1. The SMILES string of the molecule is C/C=C(/C)c1ccc(N(C=O)Cc2cccnc2)c(NCCc2cccc(F)c2)n1. The number of aromatic nitrogens is 2. The second-order valence-corrected chi connectivity index (χ2v) is 6.94. The molecule has 0 saturated heterocycles. The van der Waals surface area contributed by atoms with Crippen molar-refractivity contribution >= 4 is 23.5 Å². The van der Waals surface area contributed by atoms with Crippen LogP contribution in [0.25, 0.3) is 5.57 Å². The Kier molecular flexibility index (Phi) is 7.27. The average Bonchev–Trinajstić information content (AvgIpc) is 2.78. The number of nitrogens with one attached hydrogen (secondary N) is 1. The van der Waals surface area contributed by atoms with E-state index in [9.17, 15) is 9.18 Å². The summed E-state index contributed by atoms with van der Waals surface area (Å²) < 4.78 is 13.4. The molecule has 0 aliphatic rings. The first-order valence-corrected chi connectivity index (χ1v) is 9.84. The Morgan fingerprint density at radius 1 is 1.17 bits per heavy atom. The molecule has 0 radical (unpaired) electrons. The maximum Gasteiger partial charge on any atom is 0.214 e. The topological polar surface area (TPSA) is 58.1 Å². The van der Waals surface area contributed by atoms with Crippen molar-refractivity contribution in [1.29, 1.82) is 0 Å². The average molecular weight is 404 g/mol. The van der Waals surface area contributed by atoms with Crippen molar-refractivity contribution in [3.8, 4) is 0 Å². The molecular weight excluding hydrogens is 379 g/mol. The van der Waals surface area contributed by atoms with Gasteiger partial charge in [0.25, 0.3) is 0 Å². The van der Waals surface area contributed by atoms with Gasteiger partial charge in [0, 0.05) is 18.9 Å². The number of carbonyl (C=O) groups is 1. The van der Waals surface area contributed by atoms with Crippen LogP contribution in [-0.4, -0.2) is 22.9 Å². The first-order valence-electron chi connectivity index (χ1n) is 9.84. The van der Waals surface area contributed by atoms with Gasteiger partial charge in [0.1, 0.15) is 5.82 Å². The maximum atomic E-state index is 13.4. The van der Waals surface area contributed by atoms with E-state index >= 15 is 0 Å². The van der Waals surface area contributed by atoms with Gasteiger partial charge in [0.15, 0.2) is 5.82 Å². The molecule has 154 valence electrons. The molecule has 2 heterocycles. The van der Waals surface area contributed by atoms with Crippen LogP contribution in [0.2, 0.25) is 0 Å². The van der Waals surface area contributed by atoms with Crippen molar-refractivity contribution in [3.63, 3.8) is 0 Å². The van der Waals surface area contributed by atoms with Gasteiger partial charge >= 0.3 is 0 Å². The first-order chi connectivity index (χ1) is 14.6. The van der Waals surface area contributed by atoms with E-state index in [-0.39, 0.29) is 5.82 Å². The largest absolute Gasteiger partial charge is 0.368 e. The summed E-state index contributed by atoms with van der Waals surface area (Å²) in [5.41, 5.74) is 4.37. The van der Waals surface area contributed by atoms with Gasteiger partial charge in [0.05, 0.1) is 17.9 Å². The maximum absolute atomic E-state index is 13.4. The van der Waals surface area contributed by atoms with Crippen molar-refractivity contribution in [2.45, 2.75) is 26.8 Å². The summed E-state index contributed by atoms with van der Waals surface area (Å²) in [4.78, 5) is 22.3. The second kappa shape index (κ2) is 10.3. The van der Waals surface area contributed by atoms with Crippen LogP contribution in [-0.2, 0) is 17.8 Å². The van der Waals surface area contributed by atoms with E-state index in [0.29, 0.717) is 31.0 Å². The Morgan fingerprint density at radius 2 is 2.00 bits per heavy atom. The van der Waals surface area contributed by atoms with Crippen molar-refractivity contribution in [2.24, 2.45) is 0 Å². The van der Waals surface area contributed by atoms with Crippen LogP contribution in [0.5, 0.6) is 0 Å². The number of nitrogens with zero attached hydrogens (tertiary/aromatic N) is 3. The standard InChI is InChI=1S/C24H25FN4O/c1-3-18(2)22-9-10-23(29(17-30)16-20-7-5-12-26-15-20)24(28-22)27-13-11-19-6-4-8-21(25)14-19/h3-10,12,14-15,17H,11,13,16H2,1-2H3,(H,27,28)/b18-3-. The highest BCUT2D eigenvalue weighted by Crippen LogP contribution is 2.27. The second-order valence-electron chi connectivity index (χ2n) is 6.94. The van der Waals surface area contributed by atoms with E-state index in [2.05, 4.69) is 10.3 Å². The number of halogens is 1. The van der Waals surface area contributed by atoms with Gasteiger partial charge < -0.3 is 10.2 Å². The summed E-state index contributed by atoms with van der Waals surface area (Å²) in [5.74, 6) is 0.363. The molecule has 3 aromatic rings. The zero-order chi connectivity index (χ0) is 21.3. The predicted molar refractivity (Wildman–Crippen MR) is 119 cm³/mol. The smallest absolute Gasteiger partial charge is 0.214 e. The highest BCUT2D eigenvalue weighted by Gasteiger charge is 2.14. The molecule has 0 unspecified atom stereocenters. The van der Waals surface area contributed by atoms with Gasteiger partial charge in [-0.3, -0.25) is 9.78 Å². The molecule has 0 spiro atoms. The molecule has 1 N–H and O–H groups in total. The molecule has 1 amide bonds. The summed E-state index contributed by atoms with van der Waals surface area (Å²) in [6.45, 7) is 4.90. The van der Waals surface area contributed by atoms with Gasteiger partial charge in [-0.15, -0.1) is 0 Å². The molecular formula is C24H25FN4O. The molecule has 0 aliphatic heterocycles. The monoisotopic (exact) mass is 404 g/mol. The van der Waals surface area contributed by atoms with Crippen LogP contribution in [0.15, 0.2) is 67.0 Å². The minimum atomic E-state index is -0.249. The third kappa shape index (κ3) is 5.50. The number of rotatable bonds is 9. The van der Waals surface area contributed by atoms with E-state index in [0.717, 1.165) is 28.8 Å². The number of hydrogen-bond acceptors (Lipinski definition) is 4. The highest BCUT2D eigenvalue weighted by atomic mass is 19.1. The molecule has 6 heteroatoms. The molecule has 2 aromatic heterocycles. The van der Waals surface area contributed by atoms with Crippen LogP contribution in [0.1, 0.15) is 30.7 Å². The van der Waals surface area contributed by atoms with Gasteiger partial charge in [-0.1, -0.05) is 24.3 Å². The third-order valence-corrected chi connectivity index (χ3v) is 4.82. The molecule has 30 heavy (non-hydrogen) atoms. The summed E-state index contributed by atoms with van der Waals surface area (Å²) in [7, 11) is 0. The Bertz CT molecular complexity index is 1020. The lowest BCUT2D eigenvalue weighted by Gasteiger charge is -2.21. The third-order valence-electron chi connectivity index (χ3n) is 4.82. The Hall–Kier alpha value is -3.54. The number of pyridine rings is 2. The van der Waals surface area contributed by atoms with E-state index in [1.165, 1.54) is 12.1 Å². The van der Waals surface area contributed by atoms with Crippen LogP contribution in [0.4, 0.5) is 15.9 Å². The van der Waals surface area contributed by atoms with E-state index < -0.39 is 0 Å². The number of benzene rings is 1. The molecule has 5 nitrogen and oxygen atoms in total. The lowest BCUT2D eigenvalue weighted by atomic mass is 10.1. The van der Waals surface area contributed by atoms with Crippen LogP contribution < -0.4 is 10.2 Å². The summed E-state index contributed by atoms with van der Waals surface area (Å²) in [6.07, 6.45) is 6.86. The van der Waals surface area contributed by atoms with Gasteiger partial charge in [-0.2, -0.15) is 0 Å². The van der Waals surface area contributed by atoms with Crippen molar-refractivity contribution in [1.82, 2.24) is 9.97 Å². The first kappa shape index (κ1) is 21.2. The minimum Gasteiger partial charge on any atom is -0.368 e. The minimum absolute atomic E-state index is 0.249. The number of carbonyl (C=O) groups excluding carboxylic acids is 1. The molecule has 0 fully saturated rings. The lowest BCUT2D eigenvalue weighted by molar-refractivity contribution is -0.107. The fourth-order valence-electron chi connectivity index (χ4n) is 3.07. The van der Waals surface area contributed by atoms with Crippen molar-refractivity contribution in [2.75, 3.05) is 16.8 Å². The number of anilines is 2. The van der Waals surface area contributed by atoms with Gasteiger partial charge in [-0.05, 0) is 67.3 Å². The summed E-state index contributed by atoms with van der Waals surface area (Å²) in [5, 5.41) is 3.32. The fourth-order valence-corrected chi connectivity index (χ4v) is 3.07. The van der Waals surface area contributed by atoms with E-state index in [1.54, 1.807) is 23.4 Å². The Morgan fingerprint density at radius 3 is 2.70 bits per heavy atom. The van der Waals surface area contributed by atoms with Crippen molar-refractivity contribution < 1.29 is 9.18 Å². The Balaban J connectivity index is 1.84. The quantitative estimate of drug-likeness (QED) is 0.518. The number of hydrogen-bond donors (Lipinski definition) is 1. The molecule has 0 bridgehead atoms. The predicted octanol–water partition coefficient (Wildman–Crippen LogP) is 4.86. The van der Waals surface area contributed by atoms with E-state index in [1.807, 2.05) is 50.3 Å². The fraction of sp³-hybridized carbons (Fsp3) is 0.208. The lowest BCUT2D eigenvalue weighted by Crippen LogP contribution is -2.23. The van der Waals surface area contributed by atoms with Crippen LogP contribution in [0, 0.1) is 5.82 Å². The molecule has 0 aliphatic carbocycles. The van der Waals surface area contributed by atoms with Crippen LogP contribution in [0.3, 0.4) is 0 Å². The van der Waals surface area contributed by atoms with Crippen LogP contribution >= 0.6 is 0 Å². The molecule has 3 rings (SSSR count). The number of allylic oxidation sites excluding steroid dienone is 2. The zero-order valence-corrected chi connectivity index (χ0v) is 17.2. The highest BCUT2D eigenvalue weighted by molar-refractivity contribution is 5.82. The zero-order valence-electron chi connectivity index (χ0n) is 17.2. The van der Waals surface area contributed by atoms with Gasteiger partial charge in [0.2, 0.25) is 6.41 Å². The Labute approximate surface area is 176 Å². The normalized spacial score (nSPS) is 11.2. The molecule has 0 atom stereocenters. The van der Waals surface area contributed by atoms with Gasteiger partial charge in [-0.25, -0.2) is 9.37 Å².